The van der Waals surface area contributed by atoms with Gasteiger partial charge in [-0.1, -0.05) is 18.3 Å². The molecule has 0 aliphatic rings. The fraction of sp³-hybridized carbons (Fsp3) is 0.273. The summed E-state index contributed by atoms with van der Waals surface area (Å²) in [6, 6.07) is 5.25. The number of carbonyl (C=O) groups is 1. The summed E-state index contributed by atoms with van der Waals surface area (Å²) in [5.41, 5.74) is 1.36. The molecule has 1 aromatic carbocycles. The van der Waals surface area contributed by atoms with Gasteiger partial charge in [0.2, 0.25) is 15.9 Å². The van der Waals surface area contributed by atoms with Crippen LogP contribution in [0.15, 0.2) is 18.2 Å². The van der Waals surface area contributed by atoms with E-state index in [-0.39, 0.29) is 5.91 Å². The van der Waals surface area contributed by atoms with E-state index in [1.54, 1.807) is 25.1 Å². The van der Waals surface area contributed by atoms with Gasteiger partial charge in [-0.3, -0.25) is 9.52 Å². The van der Waals surface area contributed by atoms with Crippen molar-refractivity contribution in [2.24, 2.45) is 0 Å². The molecule has 1 aromatic heterocycles. The topological polar surface area (TPSA) is 88.2 Å². The summed E-state index contributed by atoms with van der Waals surface area (Å²) in [7, 11) is -3.33. The SMILES string of the molecule is CCC(=O)Nc1ccc2nc(NS(C)(=O)=O)sc2c1. The van der Waals surface area contributed by atoms with Gasteiger partial charge in [0.05, 0.1) is 16.5 Å². The van der Waals surface area contributed by atoms with Crippen LogP contribution in [0.4, 0.5) is 10.8 Å². The van der Waals surface area contributed by atoms with Crippen molar-refractivity contribution >= 4 is 48.3 Å². The lowest BCUT2D eigenvalue weighted by Crippen LogP contribution is -2.09. The van der Waals surface area contributed by atoms with Crippen molar-refractivity contribution in [1.82, 2.24) is 4.98 Å². The zero-order valence-electron chi connectivity index (χ0n) is 10.4. The van der Waals surface area contributed by atoms with Crippen LogP contribution in [0.5, 0.6) is 0 Å². The fourth-order valence-electron chi connectivity index (χ4n) is 1.45. The minimum absolute atomic E-state index is 0.0710. The average molecular weight is 299 g/mol. The van der Waals surface area contributed by atoms with Crippen LogP contribution in [-0.2, 0) is 14.8 Å². The Morgan fingerprint density at radius 3 is 2.79 bits per heavy atom. The highest BCUT2D eigenvalue weighted by Gasteiger charge is 2.09. The van der Waals surface area contributed by atoms with E-state index in [0.717, 1.165) is 11.0 Å². The number of thiazole rings is 1. The summed E-state index contributed by atoms with van der Waals surface area (Å²) < 4.78 is 25.4. The Morgan fingerprint density at radius 1 is 1.42 bits per heavy atom. The molecule has 19 heavy (non-hydrogen) atoms. The number of benzene rings is 1. The molecule has 1 amide bonds. The van der Waals surface area contributed by atoms with Gasteiger partial charge in [0.25, 0.3) is 0 Å². The van der Waals surface area contributed by atoms with E-state index in [1.807, 2.05) is 0 Å². The van der Waals surface area contributed by atoms with Gasteiger partial charge >= 0.3 is 0 Å². The van der Waals surface area contributed by atoms with Crippen LogP contribution in [-0.4, -0.2) is 25.6 Å². The lowest BCUT2D eigenvalue weighted by molar-refractivity contribution is -0.115. The van der Waals surface area contributed by atoms with Crippen molar-refractivity contribution in [3.8, 4) is 0 Å². The first-order chi connectivity index (χ1) is 8.87. The van der Waals surface area contributed by atoms with Crippen LogP contribution < -0.4 is 10.0 Å². The van der Waals surface area contributed by atoms with E-state index in [9.17, 15) is 13.2 Å². The maximum Gasteiger partial charge on any atom is 0.231 e. The van der Waals surface area contributed by atoms with Gasteiger partial charge < -0.3 is 5.32 Å². The average Bonchev–Trinajstić information content (AvgIpc) is 2.67. The number of carbonyl (C=O) groups excluding carboxylic acids is 1. The van der Waals surface area contributed by atoms with Gasteiger partial charge in [0.1, 0.15) is 0 Å². The molecule has 2 aromatic rings. The van der Waals surface area contributed by atoms with E-state index in [0.29, 0.717) is 22.8 Å². The number of rotatable bonds is 4. The number of anilines is 2. The maximum absolute atomic E-state index is 11.3. The molecule has 0 unspecified atom stereocenters. The summed E-state index contributed by atoms with van der Waals surface area (Å²) in [5, 5.41) is 3.06. The second-order valence-corrected chi connectivity index (χ2v) is 6.76. The van der Waals surface area contributed by atoms with Crippen LogP contribution in [0.25, 0.3) is 10.2 Å². The van der Waals surface area contributed by atoms with Crippen molar-refractivity contribution in [2.45, 2.75) is 13.3 Å². The quantitative estimate of drug-likeness (QED) is 0.904. The largest absolute Gasteiger partial charge is 0.326 e. The second-order valence-electron chi connectivity index (χ2n) is 3.98. The Balaban J connectivity index is 2.30. The number of amides is 1. The summed E-state index contributed by atoms with van der Waals surface area (Å²) in [5.74, 6) is -0.0710. The third kappa shape index (κ3) is 3.65. The lowest BCUT2D eigenvalue weighted by atomic mass is 10.3. The van der Waals surface area contributed by atoms with Gasteiger partial charge in [-0.2, -0.15) is 0 Å². The number of aromatic nitrogens is 1. The Kier molecular flexibility index (Phi) is 3.72. The van der Waals surface area contributed by atoms with Crippen molar-refractivity contribution in [3.05, 3.63) is 18.2 Å². The van der Waals surface area contributed by atoms with E-state index in [4.69, 9.17) is 0 Å². The Morgan fingerprint density at radius 2 is 2.16 bits per heavy atom. The van der Waals surface area contributed by atoms with Crippen molar-refractivity contribution in [2.75, 3.05) is 16.3 Å². The molecule has 0 aliphatic heterocycles. The van der Waals surface area contributed by atoms with Gasteiger partial charge in [-0.05, 0) is 18.2 Å². The number of hydrogen-bond donors (Lipinski definition) is 2. The molecule has 102 valence electrons. The normalized spacial score (nSPS) is 11.5. The van der Waals surface area contributed by atoms with Gasteiger partial charge in [-0.15, -0.1) is 0 Å². The van der Waals surface area contributed by atoms with E-state index in [1.165, 1.54) is 11.3 Å². The third-order valence-electron chi connectivity index (χ3n) is 2.27. The smallest absolute Gasteiger partial charge is 0.231 e. The Labute approximate surface area is 114 Å². The van der Waals surface area contributed by atoms with E-state index < -0.39 is 10.0 Å². The van der Waals surface area contributed by atoms with Crippen LogP contribution in [0.2, 0.25) is 0 Å². The molecule has 8 heteroatoms. The summed E-state index contributed by atoms with van der Waals surface area (Å²) in [4.78, 5) is 15.4. The van der Waals surface area contributed by atoms with Crippen molar-refractivity contribution < 1.29 is 13.2 Å². The number of fused-ring (bicyclic) bond motifs is 1. The molecule has 0 spiro atoms. The predicted octanol–water partition coefficient (Wildman–Crippen LogP) is 2.02. The summed E-state index contributed by atoms with van der Waals surface area (Å²) >= 11 is 1.22. The van der Waals surface area contributed by atoms with Crippen LogP contribution in [0.3, 0.4) is 0 Å². The van der Waals surface area contributed by atoms with E-state index in [2.05, 4.69) is 15.0 Å². The molecule has 2 N–H and O–H groups in total. The second kappa shape index (κ2) is 5.14. The highest BCUT2D eigenvalue weighted by Crippen LogP contribution is 2.28. The highest BCUT2D eigenvalue weighted by molar-refractivity contribution is 7.92. The Hall–Kier alpha value is -1.67. The van der Waals surface area contributed by atoms with Crippen LogP contribution >= 0.6 is 11.3 Å². The molecular weight excluding hydrogens is 286 g/mol. The zero-order valence-corrected chi connectivity index (χ0v) is 12.1. The highest BCUT2D eigenvalue weighted by atomic mass is 32.2. The van der Waals surface area contributed by atoms with Crippen LogP contribution in [0, 0.1) is 0 Å². The molecule has 0 bridgehead atoms. The molecule has 1 heterocycles. The monoisotopic (exact) mass is 299 g/mol. The lowest BCUT2D eigenvalue weighted by Gasteiger charge is -2.02. The minimum atomic E-state index is -3.33. The number of sulfonamides is 1. The van der Waals surface area contributed by atoms with Crippen LogP contribution in [0.1, 0.15) is 13.3 Å². The van der Waals surface area contributed by atoms with Gasteiger partial charge in [-0.25, -0.2) is 13.4 Å². The maximum atomic E-state index is 11.3. The number of nitrogens with one attached hydrogen (secondary N) is 2. The first kappa shape index (κ1) is 13.8. The standard InChI is InChI=1S/C11H13N3O3S2/c1-3-10(15)12-7-4-5-8-9(6-7)18-11(13-8)14-19(2,16)17/h4-6H,3H2,1-2H3,(H,12,15)(H,13,14). The molecule has 0 fully saturated rings. The first-order valence-electron chi connectivity index (χ1n) is 5.55. The fourth-order valence-corrected chi connectivity index (χ4v) is 3.19. The van der Waals surface area contributed by atoms with Crippen molar-refractivity contribution in [3.63, 3.8) is 0 Å². The third-order valence-corrected chi connectivity index (χ3v) is 3.89. The Bertz CT molecular complexity index is 722. The molecule has 0 aliphatic carbocycles. The molecule has 0 atom stereocenters. The van der Waals surface area contributed by atoms with Crippen molar-refractivity contribution in [1.29, 1.82) is 0 Å². The predicted molar refractivity (Wildman–Crippen MR) is 77.0 cm³/mol. The summed E-state index contributed by atoms with van der Waals surface area (Å²) in [6.45, 7) is 1.77. The first-order valence-corrected chi connectivity index (χ1v) is 8.26. The van der Waals surface area contributed by atoms with Gasteiger partial charge in [0.15, 0.2) is 5.13 Å². The molecule has 6 nitrogen and oxygen atoms in total. The molecule has 0 radical (unpaired) electrons. The molecule has 2 rings (SSSR count). The number of hydrogen-bond acceptors (Lipinski definition) is 5. The van der Waals surface area contributed by atoms with Gasteiger partial charge in [0, 0.05) is 12.1 Å². The molecule has 0 saturated heterocycles. The molecular formula is C11H13N3O3S2. The number of nitrogens with zero attached hydrogens (tertiary/aromatic N) is 1. The minimum Gasteiger partial charge on any atom is -0.326 e. The molecule has 0 saturated carbocycles. The zero-order chi connectivity index (χ0) is 14.0. The van der Waals surface area contributed by atoms with E-state index >= 15 is 0 Å². The summed E-state index contributed by atoms with van der Waals surface area (Å²) in [6.07, 6.45) is 1.48.